The Morgan fingerprint density at radius 1 is 1.12 bits per heavy atom. The molecule has 32 heavy (non-hydrogen) atoms. The quantitative estimate of drug-likeness (QED) is 0.510. The van der Waals surface area contributed by atoms with E-state index in [4.69, 9.17) is 19.3 Å². The van der Waals surface area contributed by atoms with Crippen molar-refractivity contribution in [1.29, 1.82) is 0 Å². The second-order valence-corrected chi connectivity index (χ2v) is 7.38. The summed E-state index contributed by atoms with van der Waals surface area (Å²) in [4.78, 5) is 23.9. The number of allylic oxidation sites excluding steroid dienone is 1. The molecule has 0 bridgehead atoms. The highest BCUT2D eigenvalue weighted by Crippen LogP contribution is 2.33. The third kappa shape index (κ3) is 4.90. The average Bonchev–Trinajstić information content (AvgIpc) is 3.46. The Morgan fingerprint density at radius 2 is 1.97 bits per heavy atom. The predicted octanol–water partition coefficient (Wildman–Crippen LogP) is 4.15. The minimum atomic E-state index is -0.987. The molecule has 0 radical (unpaired) electrons. The first-order chi connectivity index (χ1) is 15.5. The second-order valence-electron chi connectivity index (χ2n) is 7.38. The number of carboxylic acid groups (broad SMARTS) is 1. The van der Waals surface area contributed by atoms with Gasteiger partial charge in [-0.1, -0.05) is 30.4 Å². The average molecular weight is 433 g/mol. The topological polar surface area (TPSA) is 87.0 Å². The normalized spacial score (nSPS) is 13.4. The molecule has 1 N–H and O–H groups in total. The van der Waals surface area contributed by atoms with Crippen molar-refractivity contribution in [2.45, 2.75) is 26.2 Å². The van der Waals surface area contributed by atoms with Gasteiger partial charge < -0.3 is 23.9 Å². The van der Waals surface area contributed by atoms with Gasteiger partial charge in [0.2, 0.25) is 12.6 Å². The zero-order valence-corrected chi connectivity index (χ0v) is 17.6. The van der Waals surface area contributed by atoms with E-state index >= 15 is 0 Å². The molecule has 0 fully saturated rings. The fraction of sp³-hybridized carbons (Fsp3) is 0.200. The zero-order chi connectivity index (χ0) is 22.5. The SMILES string of the molecule is C[C@H](OCc1cccc(C=CCn2cccc2C(=O)c2ccc3c(c2)OCO3)c1)C(=O)O. The van der Waals surface area contributed by atoms with Crippen molar-refractivity contribution < 1.29 is 28.9 Å². The van der Waals surface area contributed by atoms with Gasteiger partial charge in [-0.2, -0.15) is 0 Å². The molecule has 7 nitrogen and oxygen atoms in total. The monoisotopic (exact) mass is 433 g/mol. The molecule has 1 atom stereocenters. The van der Waals surface area contributed by atoms with E-state index in [-0.39, 0.29) is 19.2 Å². The van der Waals surface area contributed by atoms with Crippen LogP contribution in [-0.4, -0.2) is 34.3 Å². The number of nitrogens with zero attached hydrogens (tertiary/aromatic N) is 1. The molecule has 7 heteroatoms. The van der Waals surface area contributed by atoms with Crippen LogP contribution in [0.4, 0.5) is 0 Å². The second kappa shape index (κ2) is 9.53. The van der Waals surface area contributed by atoms with Gasteiger partial charge in [0.1, 0.15) is 0 Å². The Kier molecular flexibility index (Phi) is 6.37. The van der Waals surface area contributed by atoms with Crippen LogP contribution in [0.25, 0.3) is 6.08 Å². The number of carbonyl (C=O) groups excluding carboxylic acids is 1. The molecular weight excluding hydrogens is 410 g/mol. The fourth-order valence-corrected chi connectivity index (χ4v) is 3.35. The lowest BCUT2D eigenvalue weighted by molar-refractivity contribution is -0.149. The maximum Gasteiger partial charge on any atom is 0.332 e. The molecule has 0 saturated heterocycles. The predicted molar refractivity (Wildman–Crippen MR) is 118 cm³/mol. The van der Waals surface area contributed by atoms with Gasteiger partial charge in [-0.05, 0) is 54.4 Å². The first-order valence-corrected chi connectivity index (χ1v) is 10.2. The van der Waals surface area contributed by atoms with Crippen LogP contribution >= 0.6 is 0 Å². The largest absolute Gasteiger partial charge is 0.479 e. The molecule has 0 unspecified atom stereocenters. The van der Waals surface area contributed by atoms with Crippen LogP contribution in [0.3, 0.4) is 0 Å². The van der Waals surface area contributed by atoms with Crippen LogP contribution in [0, 0.1) is 0 Å². The van der Waals surface area contributed by atoms with Gasteiger partial charge in [-0.25, -0.2) is 4.79 Å². The third-order valence-electron chi connectivity index (χ3n) is 5.11. The number of aromatic nitrogens is 1. The summed E-state index contributed by atoms with van der Waals surface area (Å²) in [6, 6.07) is 16.5. The number of hydrogen-bond donors (Lipinski definition) is 1. The van der Waals surface area contributed by atoms with Crippen LogP contribution in [-0.2, 0) is 22.7 Å². The lowest BCUT2D eigenvalue weighted by atomic mass is 10.1. The van der Waals surface area contributed by atoms with Gasteiger partial charge in [0, 0.05) is 18.3 Å². The van der Waals surface area contributed by atoms with Crippen molar-refractivity contribution in [2.24, 2.45) is 0 Å². The first kappa shape index (κ1) is 21.4. The summed E-state index contributed by atoms with van der Waals surface area (Å²) in [5.41, 5.74) is 2.98. The number of hydrogen-bond acceptors (Lipinski definition) is 5. The number of ether oxygens (including phenoxy) is 3. The van der Waals surface area contributed by atoms with Gasteiger partial charge in [-0.3, -0.25) is 4.79 Å². The van der Waals surface area contributed by atoms with Crippen LogP contribution in [0.1, 0.15) is 34.1 Å². The standard InChI is InChI=1S/C25H23NO6/c1-17(25(28)29)30-15-19-6-2-5-18(13-19)7-3-11-26-12-4-8-21(26)24(27)20-9-10-22-23(14-20)32-16-31-22/h2-10,12-14,17H,11,15-16H2,1H3,(H,28,29)/t17-/m0/s1. The minimum absolute atomic E-state index is 0.0894. The molecule has 1 aliphatic heterocycles. The summed E-state index contributed by atoms with van der Waals surface area (Å²) in [6.07, 6.45) is 4.93. The highest BCUT2D eigenvalue weighted by Gasteiger charge is 2.18. The molecule has 2 heterocycles. The molecule has 164 valence electrons. The number of aliphatic carboxylic acids is 1. The molecule has 3 aromatic rings. The number of fused-ring (bicyclic) bond motifs is 1. The van der Waals surface area contributed by atoms with Crippen LogP contribution in [0.15, 0.2) is 66.9 Å². The lowest BCUT2D eigenvalue weighted by Gasteiger charge is -2.09. The van der Waals surface area contributed by atoms with E-state index < -0.39 is 12.1 Å². The Balaban J connectivity index is 1.41. The van der Waals surface area contributed by atoms with Gasteiger partial charge in [0.25, 0.3) is 0 Å². The van der Waals surface area contributed by atoms with Crippen molar-refractivity contribution in [3.63, 3.8) is 0 Å². The Bertz CT molecular complexity index is 1160. The first-order valence-electron chi connectivity index (χ1n) is 10.2. The molecule has 1 aliphatic rings. The highest BCUT2D eigenvalue weighted by molar-refractivity contribution is 6.08. The number of carbonyl (C=O) groups is 2. The molecule has 2 aromatic carbocycles. The smallest absolute Gasteiger partial charge is 0.332 e. The van der Waals surface area contributed by atoms with E-state index in [0.717, 1.165) is 11.1 Å². The Morgan fingerprint density at radius 3 is 2.81 bits per heavy atom. The molecule has 0 saturated carbocycles. The van der Waals surface area contributed by atoms with Gasteiger partial charge in [-0.15, -0.1) is 0 Å². The van der Waals surface area contributed by atoms with E-state index in [1.165, 1.54) is 6.92 Å². The number of ketones is 1. The van der Waals surface area contributed by atoms with Crippen molar-refractivity contribution in [3.8, 4) is 11.5 Å². The summed E-state index contributed by atoms with van der Waals surface area (Å²) in [5.74, 6) is 0.146. The van der Waals surface area contributed by atoms with Crippen molar-refractivity contribution in [2.75, 3.05) is 6.79 Å². The van der Waals surface area contributed by atoms with Gasteiger partial charge >= 0.3 is 5.97 Å². The molecular formula is C25H23NO6. The van der Waals surface area contributed by atoms with E-state index in [2.05, 4.69) is 0 Å². The van der Waals surface area contributed by atoms with Gasteiger partial charge in [0.05, 0.1) is 12.3 Å². The van der Waals surface area contributed by atoms with E-state index in [1.807, 2.05) is 53.2 Å². The maximum absolute atomic E-state index is 13.0. The van der Waals surface area contributed by atoms with E-state index in [1.54, 1.807) is 24.3 Å². The molecule has 0 spiro atoms. The van der Waals surface area contributed by atoms with Crippen LogP contribution in [0.5, 0.6) is 11.5 Å². The van der Waals surface area contributed by atoms with E-state index in [0.29, 0.717) is 29.3 Å². The molecule has 4 rings (SSSR count). The fourth-order valence-electron chi connectivity index (χ4n) is 3.35. The Hall–Kier alpha value is -3.84. The van der Waals surface area contributed by atoms with Crippen LogP contribution < -0.4 is 9.47 Å². The summed E-state index contributed by atoms with van der Waals surface area (Å²) in [6.45, 7) is 2.42. The highest BCUT2D eigenvalue weighted by atomic mass is 16.7. The Labute approximate surface area is 185 Å². The number of rotatable bonds is 9. The van der Waals surface area contributed by atoms with E-state index in [9.17, 15) is 9.59 Å². The zero-order valence-electron chi connectivity index (χ0n) is 17.6. The summed E-state index contributed by atoms with van der Waals surface area (Å²) in [5, 5.41) is 8.92. The molecule has 1 aromatic heterocycles. The maximum atomic E-state index is 13.0. The summed E-state index contributed by atoms with van der Waals surface area (Å²) < 4.78 is 17.9. The molecule has 0 amide bonds. The lowest BCUT2D eigenvalue weighted by Crippen LogP contribution is -2.19. The van der Waals surface area contributed by atoms with Crippen molar-refractivity contribution in [3.05, 3.63) is 89.3 Å². The van der Waals surface area contributed by atoms with Crippen molar-refractivity contribution in [1.82, 2.24) is 4.57 Å². The summed E-state index contributed by atoms with van der Waals surface area (Å²) in [7, 11) is 0. The third-order valence-corrected chi connectivity index (χ3v) is 5.11. The van der Waals surface area contributed by atoms with Crippen LogP contribution in [0.2, 0.25) is 0 Å². The number of benzene rings is 2. The molecule has 0 aliphatic carbocycles. The van der Waals surface area contributed by atoms with Crippen molar-refractivity contribution >= 4 is 17.8 Å². The number of carboxylic acids is 1. The summed E-state index contributed by atoms with van der Waals surface area (Å²) >= 11 is 0. The minimum Gasteiger partial charge on any atom is -0.479 e. The van der Waals surface area contributed by atoms with Gasteiger partial charge in [0.15, 0.2) is 17.6 Å².